The first-order valence-corrected chi connectivity index (χ1v) is 11.6. The Hall–Kier alpha value is -3.52. The molecule has 8 heteroatoms. The van der Waals surface area contributed by atoms with Crippen LogP contribution >= 0.6 is 11.3 Å². The van der Waals surface area contributed by atoms with Crippen molar-refractivity contribution in [2.45, 2.75) is 31.2 Å². The molecule has 1 aliphatic heterocycles. The third kappa shape index (κ3) is 3.88. The SMILES string of the molecule is COC(=O)C1=C(C)NC(C)C(C(=O)OC)(c2ccccc2)C1c1nccs1.Fc1ccc2cc1-2. The molecule has 0 fully saturated rings. The van der Waals surface area contributed by atoms with Crippen LogP contribution in [0, 0.1) is 5.82 Å². The second kappa shape index (κ2) is 9.38. The number of hydrogen-bond acceptors (Lipinski definition) is 7. The van der Waals surface area contributed by atoms with Gasteiger partial charge >= 0.3 is 11.9 Å². The molecule has 0 bridgehead atoms. The van der Waals surface area contributed by atoms with Crippen molar-refractivity contribution >= 4 is 23.3 Å². The van der Waals surface area contributed by atoms with Crippen molar-refractivity contribution in [1.29, 1.82) is 0 Å². The molecule has 3 aliphatic rings. The van der Waals surface area contributed by atoms with Gasteiger partial charge in [-0.3, -0.25) is 4.79 Å². The van der Waals surface area contributed by atoms with E-state index < -0.39 is 23.3 Å². The molecular weight excluding hydrogens is 455 g/mol. The van der Waals surface area contributed by atoms with Gasteiger partial charge in [0.2, 0.25) is 0 Å². The van der Waals surface area contributed by atoms with E-state index in [-0.39, 0.29) is 11.9 Å². The number of fused-ring (bicyclic) bond motifs is 1. The molecule has 3 unspecified atom stereocenters. The van der Waals surface area contributed by atoms with Gasteiger partial charge in [-0.1, -0.05) is 36.4 Å². The van der Waals surface area contributed by atoms with Crippen molar-refractivity contribution in [3.63, 3.8) is 0 Å². The van der Waals surface area contributed by atoms with Crippen LogP contribution in [0.4, 0.5) is 4.39 Å². The average molecular weight is 481 g/mol. The minimum atomic E-state index is -1.17. The lowest BCUT2D eigenvalue weighted by molar-refractivity contribution is -0.150. The van der Waals surface area contributed by atoms with Gasteiger partial charge in [0.05, 0.1) is 25.7 Å². The number of rotatable bonds is 4. The molecule has 0 saturated carbocycles. The molecule has 2 heterocycles. The van der Waals surface area contributed by atoms with E-state index in [9.17, 15) is 14.0 Å². The van der Waals surface area contributed by atoms with Gasteiger partial charge < -0.3 is 14.8 Å². The van der Waals surface area contributed by atoms with Gasteiger partial charge in [0, 0.05) is 28.9 Å². The molecule has 176 valence electrons. The fourth-order valence-corrected chi connectivity index (χ4v) is 5.54. The zero-order chi connectivity index (χ0) is 24.5. The predicted octanol–water partition coefficient (Wildman–Crippen LogP) is 4.58. The Kier molecular flexibility index (Phi) is 6.52. The molecule has 6 nitrogen and oxygen atoms in total. The number of allylic oxidation sites excluding steroid dienone is 1. The van der Waals surface area contributed by atoms with Gasteiger partial charge in [-0.2, -0.15) is 0 Å². The summed E-state index contributed by atoms with van der Waals surface area (Å²) in [5.74, 6) is -1.62. The van der Waals surface area contributed by atoms with Crippen LogP contribution in [-0.4, -0.2) is 37.2 Å². The Labute approximate surface area is 201 Å². The van der Waals surface area contributed by atoms with E-state index >= 15 is 0 Å². The molecule has 2 aliphatic carbocycles. The number of carbonyl (C=O) groups excluding carboxylic acids is 2. The summed E-state index contributed by atoms with van der Waals surface area (Å²) in [6.07, 6.45) is 1.67. The maximum atomic E-state index is 13.3. The summed E-state index contributed by atoms with van der Waals surface area (Å²) >= 11 is 1.40. The van der Waals surface area contributed by atoms with E-state index in [0.717, 1.165) is 16.7 Å². The molecule has 1 aromatic heterocycles. The molecule has 1 aromatic carbocycles. The number of halogens is 1. The zero-order valence-electron chi connectivity index (χ0n) is 19.3. The summed E-state index contributed by atoms with van der Waals surface area (Å²) in [7, 11) is 2.70. The van der Waals surface area contributed by atoms with E-state index in [1.165, 1.54) is 31.6 Å². The molecule has 2 aromatic rings. The number of thiazole rings is 1. The second-order valence-corrected chi connectivity index (χ2v) is 9.05. The Bertz CT molecular complexity index is 1240. The predicted molar refractivity (Wildman–Crippen MR) is 128 cm³/mol. The average Bonchev–Trinajstić information content (AvgIpc) is 3.25. The van der Waals surface area contributed by atoms with Gasteiger partial charge in [0.25, 0.3) is 0 Å². The van der Waals surface area contributed by atoms with Gasteiger partial charge in [0.15, 0.2) is 0 Å². The lowest BCUT2D eigenvalue weighted by Gasteiger charge is -2.47. The Morgan fingerprint density at radius 1 is 1.12 bits per heavy atom. The Morgan fingerprint density at radius 2 is 1.85 bits per heavy atom. The van der Waals surface area contributed by atoms with Gasteiger partial charge in [-0.15, -0.1) is 11.3 Å². The first kappa shape index (κ1) is 23.6. The van der Waals surface area contributed by atoms with Crippen molar-refractivity contribution in [2.24, 2.45) is 0 Å². The van der Waals surface area contributed by atoms with Crippen LogP contribution < -0.4 is 5.32 Å². The molecule has 0 spiro atoms. The number of aromatic nitrogens is 1. The summed E-state index contributed by atoms with van der Waals surface area (Å²) in [5, 5.41) is 5.79. The number of benzene rings is 2. The number of esters is 2. The highest BCUT2D eigenvalue weighted by Gasteiger charge is 2.59. The number of methoxy groups -OCH3 is 2. The highest BCUT2D eigenvalue weighted by atomic mass is 32.1. The molecule has 0 radical (unpaired) electrons. The number of hydrogen-bond donors (Lipinski definition) is 1. The topological polar surface area (TPSA) is 77.5 Å². The molecule has 1 N–H and O–H groups in total. The van der Waals surface area contributed by atoms with Gasteiger partial charge in [-0.05, 0) is 37.1 Å². The number of nitrogens with zero attached hydrogens (tertiary/aromatic N) is 1. The minimum Gasteiger partial charge on any atom is -0.468 e. The summed E-state index contributed by atoms with van der Waals surface area (Å²) in [6, 6.07) is 14.1. The fraction of sp³-hybridized carbons (Fsp3) is 0.269. The minimum absolute atomic E-state index is 0.0741. The summed E-state index contributed by atoms with van der Waals surface area (Å²) in [5.41, 5.74) is 2.52. The highest BCUT2D eigenvalue weighted by Crippen LogP contribution is 2.51. The Balaban J connectivity index is 0.000000328. The number of ether oxygens (including phenoxy) is 2. The maximum Gasteiger partial charge on any atom is 0.336 e. The van der Waals surface area contributed by atoms with Crippen LogP contribution in [0.5, 0.6) is 0 Å². The number of nitrogens with one attached hydrogen (secondary N) is 1. The quantitative estimate of drug-likeness (QED) is 0.431. The normalized spacial score (nSPS) is 22.1. The molecular formula is C26H25FN2O4S. The molecule has 3 atom stereocenters. The largest absolute Gasteiger partial charge is 0.468 e. The van der Waals surface area contributed by atoms with Crippen molar-refractivity contribution in [3.8, 4) is 11.1 Å². The third-order valence-corrected chi connectivity index (χ3v) is 7.18. The smallest absolute Gasteiger partial charge is 0.336 e. The van der Waals surface area contributed by atoms with Crippen LogP contribution in [-0.2, 0) is 24.5 Å². The molecule has 5 rings (SSSR count). The number of carbonyl (C=O) groups is 2. The van der Waals surface area contributed by atoms with E-state index in [0.29, 0.717) is 16.3 Å². The standard InChI is InChI=1S/C20H22N2O4S.C6H3F/c1-12-15(18(23)25-3)16(17-21-10-11-27-17)20(13(2)22-12,19(24)26-4)14-8-6-5-7-9-14;7-6-2-1-4-3-5(4)6/h5-11,13,16,22H,1-4H3;1-3H. The van der Waals surface area contributed by atoms with E-state index in [1.807, 2.05) is 55.6 Å². The maximum absolute atomic E-state index is 13.3. The lowest BCUT2D eigenvalue weighted by atomic mass is 9.61. The zero-order valence-corrected chi connectivity index (χ0v) is 20.1. The Morgan fingerprint density at radius 3 is 2.32 bits per heavy atom. The molecule has 0 amide bonds. The van der Waals surface area contributed by atoms with Crippen molar-refractivity contribution in [3.05, 3.63) is 87.8 Å². The summed E-state index contributed by atoms with van der Waals surface area (Å²) in [6.45, 7) is 3.73. The van der Waals surface area contributed by atoms with E-state index in [4.69, 9.17) is 9.47 Å². The first-order chi connectivity index (χ1) is 16.4. The summed E-state index contributed by atoms with van der Waals surface area (Å²) < 4.78 is 22.4. The van der Waals surface area contributed by atoms with Crippen LogP contribution in [0.2, 0.25) is 0 Å². The van der Waals surface area contributed by atoms with Crippen LogP contribution in [0.3, 0.4) is 0 Å². The van der Waals surface area contributed by atoms with Crippen molar-refractivity contribution in [2.75, 3.05) is 14.2 Å². The monoisotopic (exact) mass is 480 g/mol. The van der Waals surface area contributed by atoms with Crippen LogP contribution in [0.1, 0.15) is 30.3 Å². The van der Waals surface area contributed by atoms with E-state index in [1.54, 1.807) is 12.3 Å². The first-order valence-electron chi connectivity index (χ1n) is 10.7. The molecule has 34 heavy (non-hydrogen) atoms. The highest BCUT2D eigenvalue weighted by molar-refractivity contribution is 7.09. The van der Waals surface area contributed by atoms with Crippen LogP contribution in [0.15, 0.2) is 71.4 Å². The fourth-order valence-electron chi connectivity index (χ4n) is 4.72. The second-order valence-electron chi connectivity index (χ2n) is 8.12. The van der Waals surface area contributed by atoms with Crippen LogP contribution in [0.25, 0.3) is 11.1 Å². The van der Waals surface area contributed by atoms with E-state index in [2.05, 4.69) is 10.3 Å². The third-order valence-electron chi connectivity index (χ3n) is 6.34. The van der Waals surface area contributed by atoms with Crippen molar-refractivity contribution < 1.29 is 23.5 Å². The molecule has 0 saturated heterocycles. The van der Waals surface area contributed by atoms with Gasteiger partial charge in [0.1, 0.15) is 16.2 Å². The van der Waals surface area contributed by atoms with Gasteiger partial charge in [-0.25, -0.2) is 14.2 Å². The summed E-state index contributed by atoms with van der Waals surface area (Å²) in [4.78, 5) is 30.5. The van der Waals surface area contributed by atoms with Crippen molar-refractivity contribution in [1.82, 2.24) is 10.3 Å². The lowest BCUT2D eigenvalue weighted by Crippen LogP contribution is -2.60.